The molecule has 0 amide bonds. The van der Waals surface area contributed by atoms with Gasteiger partial charge in [0.2, 0.25) is 0 Å². The van der Waals surface area contributed by atoms with Crippen LogP contribution >= 0.6 is 0 Å². The lowest BCUT2D eigenvalue weighted by atomic mass is 10.1. The third-order valence-corrected chi connectivity index (χ3v) is 2.92. The van der Waals surface area contributed by atoms with Crippen molar-refractivity contribution in [2.45, 2.75) is 13.1 Å². The highest BCUT2D eigenvalue weighted by Gasteiger charge is 2.08. The summed E-state index contributed by atoms with van der Waals surface area (Å²) in [4.78, 5) is 10.8. The number of aromatic carboxylic acids is 1. The summed E-state index contributed by atoms with van der Waals surface area (Å²) in [5.41, 5.74) is 0.683. The predicted octanol–water partition coefficient (Wildman–Crippen LogP) is 3.09. The Morgan fingerprint density at radius 3 is 2.33 bits per heavy atom. The number of rotatable bonds is 5. The second kappa shape index (κ2) is 6.41. The fourth-order valence-corrected chi connectivity index (χ4v) is 1.83. The summed E-state index contributed by atoms with van der Waals surface area (Å²) >= 11 is 0. The summed E-state index contributed by atoms with van der Waals surface area (Å²) < 4.78 is 39.3. The van der Waals surface area contributed by atoms with Crippen molar-refractivity contribution < 1.29 is 23.1 Å². The Hall–Kier alpha value is -2.34. The molecule has 3 nitrogen and oxygen atoms in total. The molecule has 110 valence electrons. The Morgan fingerprint density at radius 2 is 1.67 bits per heavy atom. The van der Waals surface area contributed by atoms with Gasteiger partial charge >= 0.3 is 5.97 Å². The Morgan fingerprint density at radius 1 is 0.952 bits per heavy atom. The van der Waals surface area contributed by atoms with Crippen LogP contribution in [0, 0.1) is 17.5 Å². The predicted molar refractivity (Wildman–Crippen MR) is 70.3 cm³/mol. The van der Waals surface area contributed by atoms with Crippen LogP contribution in [0.4, 0.5) is 13.2 Å². The van der Waals surface area contributed by atoms with E-state index < -0.39 is 23.4 Å². The van der Waals surface area contributed by atoms with E-state index >= 15 is 0 Å². The molecular weight excluding hydrogens is 283 g/mol. The molecular formula is C15H12F3NO2. The topological polar surface area (TPSA) is 49.3 Å². The van der Waals surface area contributed by atoms with Crippen LogP contribution in [-0.2, 0) is 13.1 Å². The zero-order valence-corrected chi connectivity index (χ0v) is 10.9. The highest BCUT2D eigenvalue weighted by atomic mass is 19.2. The molecule has 0 aliphatic heterocycles. The van der Waals surface area contributed by atoms with Crippen LogP contribution in [-0.4, -0.2) is 11.1 Å². The first-order valence-electron chi connectivity index (χ1n) is 6.13. The van der Waals surface area contributed by atoms with E-state index in [-0.39, 0.29) is 24.2 Å². The maximum Gasteiger partial charge on any atom is 0.335 e. The Labute approximate surface area is 119 Å². The summed E-state index contributed by atoms with van der Waals surface area (Å²) in [5.74, 6) is -3.55. The van der Waals surface area contributed by atoms with Gasteiger partial charge in [-0.1, -0.05) is 6.07 Å². The molecule has 0 bridgehead atoms. The molecule has 0 aliphatic rings. The minimum absolute atomic E-state index is 0.0129. The summed E-state index contributed by atoms with van der Waals surface area (Å²) in [6.07, 6.45) is 0. The van der Waals surface area contributed by atoms with Gasteiger partial charge in [0.05, 0.1) is 5.56 Å². The summed E-state index contributed by atoms with van der Waals surface area (Å²) in [7, 11) is 0. The molecule has 0 spiro atoms. The monoisotopic (exact) mass is 295 g/mol. The van der Waals surface area contributed by atoms with Gasteiger partial charge in [-0.2, -0.15) is 0 Å². The van der Waals surface area contributed by atoms with Crippen LogP contribution < -0.4 is 5.32 Å². The second-order valence-electron chi connectivity index (χ2n) is 4.46. The van der Waals surface area contributed by atoms with E-state index in [1.165, 1.54) is 18.2 Å². The number of hydrogen-bond acceptors (Lipinski definition) is 2. The molecule has 0 heterocycles. The number of benzene rings is 2. The van der Waals surface area contributed by atoms with E-state index in [0.717, 1.165) is 18.2 Å². The third-order valence-electron chi connectivity index (χ3n) is 2.92. The highest BCUT2D eigenvalue weighted by Crippen LogP contribution is 2.12. The lowest BCUT2D eigenvalue weighted by Gasteiger charge is -2.07. The van der Waals surface area contributed by atoms with Crippen molar-refractivity contribution >= 4 is 5.97 Å². The van der Waals surface area contributed by atoms with Crippen molar-refractivity contribution in [3.05, 3.63) is 70.5 Å². The summed E-state index contributed by atoms with van der Waals surface area (Å²) in [5, 5.41) is 11.7. The van der Waals surface area contributed by atoms with Crippen LogP contribution in [0.15, 0.2) is 36.4 Å². The molecule has 2 aromatic carbocycles. The Kier molecular flexibility index (Phi) is 4.59. The van der Waals surface area contributed by atoms with E-state index in [2.05, 4.69) is 5.32 Å². The standard InChI is InChI=1S/C15H12F3NO2/c16-12-4-2-10(15(20)21)6-11(12)8-19-7-9-1-3-13(17)14(18)5-9/h1-6,19H,7-8H2,(H,20,21). The fourth-order valence-electron chi connectivity index (χ4n) is 1.83. The first-order valence-corrected chi connectivity index (χ1v) is 6.13. The van der Waals surface area contributed by atoms with Crippen molar-refractivity contribution in [1.82, 2.24) is 5.32 Å². The smallest absolute Gasteiger partial charge is 0.335 e. The summed E-state index contributed by atoms with van der Waals surface area (Å²) in [6.45, 7) is 0.278. The molecule has 2 aromatic rings. The third kappa shape index (κ3) is 3.82. The first kappa shape index (κ1) is 15.1. The zero-order valence-electron chi connectivity index (χ0n) is 10.9. The minimum atomic E-state index is -1.14. The molecule has 0 aromatic heterocycles. The van der Waals surface area contributed by atoms with Crippen molar-refractivity contribution in [3.8, 4) is 0 Å². The molecule has 2 N–H and O–H groups in total. The highest BCUT2D eigenvalue weighted by molar-refractivity contribution is 5.87. The Balaban J connectivity index is 2.01. The van der Waals surface area contributed by atoms with Gasteiger partial charge in [-0.15, -0.1) is 0 Å². The minimum Gasteiger partial charge on any atom is -0.478 e. The maximum absolute atomic E-state index is 13.5. The van der Waals surface area contributed by atoms with Crippen LogP contribution in [0.2, 0.25) is 0 Å². The zero-order chi connectivity index (χ0) is 15.4. The van der Waals surface area contributed by atoms with E-state index in [1.807, 2.05) is 0 Å². The normalized spacial score (nSPS) is 10.6. The van der Waals surface area contributed by atoms with E-state index in [0.29, 0.717) is 5.56 Å². The molecule has 2 rings (SSSR count). The van der Waals surface area contributed by atoms with Crippen LogP contribution in [0.5, 0.6) is 0 Å². The lowest BCUT2D eigenvalue weighted by molar-refractivity contribution is 0.0696. The maximum atomic E-state index is 13.5. The average molecular weight is 295 g/mol. The quantitative estimate of drug-likeness (QED) is 0.891. The fraction of sp³-hybridized carbons (Fsp3) is 0.133. The molecule has 21 heavy (non-hydrogen) atoms. The van der Waals surface area contributed by atoms with E-state index in [9.17, 15) is 18.0 Å². The van der Waals surface area contributed by atoms with Gasteiger partial charge < -0.3 is 10.4 Å². The number of carbonyl (C=O) groups is 1. The van der Waals surface area contributed by atoms with Crippen molar-refractivity contribution in [3.63, 3.8) is 0 Å². The number of halogens is 3. The second-order valence-corrected chi connectivity index (χ2v) is 4.46. The van der Waals surface area contributed by atoms with Gasteiger partial charge in [-0.05, 0) is 35.9 Å². The SMILES string of the molecule is O=C(O)c1ccc(F)c(CNCc2ccc(F)c(F)c2)c1. The van der Waals surface area contributed by atoms with Crippen molar-refractivity contribution in [1.29, 1.82) is 0 Å². The van der Waals surface area contributed by atoms with Gasteiger partial charge in [0, 0.05) is 18.7 Å². The molecule has 0 saturated heterocycles. The van der Waals surface area contributed by atoms with Crippen LogP contribution in [0.1, 0.15) is 21.5 Å². The number of carboxylic acid groups (broad SMARTS) is 1. The molecule has 0 saturated carbocycles. The molecule has 6 heteroatoms. The number of hydrogen-bond donors (Lipinski definition) is 2. The average Bonchev–Trinajstić information content (AvgIpc) is 2.44. The van der Waals surface area contributed by atoms with E-state index in [1.54, 1.807) is 0 Å². The van der Waals surface area contributed by atoms with Crippen molar-refractivity contribution in [2.75, 3.05) is 0 Å². The molecule has 0 radical (unpaired) electrons. The van der Waals surface area contributed by atoms with Crippen LogP contribution in [0.3, 0.4) is 0 Å². The van der Waals surface area contributed by atoms with Gasteiger partial charge in [0.1, 0.15) is 5.82 Å². The first-order chi connectivity index (χ1) is 9.97. The van der Waals surface area contributed by atoms with Gasteiger partial charge in [-0.3, -0.25) is 0 Å². The van der Waals surface area contributed by atoms with Gasteiger partial charge in [0.25, 0.3) is 0 Å². The summed E-state index contributed by atoms with van der Waals surface area (Å²) in [6, 6.07) is 6.96. The molecule has 0 unspecified atom stereocenters. The van der Waals surface area contributed by atoms with Crippen molar-refractivity contribution in [2.24, 2.45) is 0 Å². The largest absolute Gasteiger partial charge is 0.478 e. The molecule has 0 fully saturated rings. The van der Waals surface area contributed by atoms with E-state index in [4.69, 9.17) is 5.11 Å². The van der Waals surface area contributed by atoms with Crippen LogP contribution in [0.25, 0.3) is 0 Å². The molecule has 0 aliphatic carbocycles. The lowest BCUT2D eigenvalue weighted by Crippen LogP contribution is -2.14. The van der Waals surface area contributed by atoms with Gasteiger partial charge in [0.15, 0.2) is 11.6 Å². The number of nitrogens with one attached hydrogen (secondary N) is 1. The Bertz CT molecular complexity index is 674. The van der Waals surface area contributed by atoms with Gasteiger partial charge in [-0.25, -0.2) is 18.0 Å². The number of carboxylic acids is 1. The molecule has 0 atom stereocenters.